The molecule has 1 aromatic heterocycles. The van der Waals surface area contributed by atoms with Gasteiger partial charge in [0.05, 0.1) is 27.0 Å². The van der Waals surface area contributed by atoms with Gasteiger partial charge in [0.2, 0.25) is 0 Å². The average molecular weight is 563 g/mol. The zero-order valence-corrected chi connectivity index (χ0v) is 22.9. The molecule has 0 saturated heterocycles. The summed E-state index contributed by atoms with van der Waals surface area (Å²) >= 11 is 12.3. The van der Waals surface area contributed by atoms with E-state index in [1.807, 2.05) is 37.3 Å². The highest BCUT2D eigenvalue weighted by Gasteiger charge is 2.26. The van der Waals surface area contributed by atoms with Crippen LogP contribution in [0.4, 0.5) is 10.5 Å². The van der Waals surface area contributed by atoms with Crippen LogP contribution in [0.5, 0.6) is 5.75 Å². The van der Waals surface area contributed by atoms with Crippen molar-refractivity contribution < 1.29 is 14.7 Å². The summed E-state index contributed by atoms with van der Waals surface area (Å²) in [4.78, 5) is 26.0. The predicted molar refractivity (Wildman–Crippen MR) is 154 cm³/mol. The van der Waals surface area contributed by atoms with E-state index in [0.29, 0.717) is 23.5 Å². The molecule has 0 unspecified atom stereocenters. The number of carbonyl (C=O) groups is 2. The number of nitrogens with one attached hydrogen (secondary N) is 2. The Hall–Kier alpha value is -3.81. The number of nitrogens with zero attached hydrogens (tertiary/aromatic N) is 2. The number of carbonyl (C=O) groups excluding carboxylic acids is 2. The lowest BCUT2D eigenvalue weighted by Gasteiger charge is -2.13. The Kier molecular flexibility index (Phi) is 7.91. The van der Waals surface area contributed by atoms with Crippen molar-refractivity contribution in [3.8, 4) is 17.0 Å². The van der Waals surface area contributed by atoms with Crippen LogP contribution in [0.3, 0.4) is 0 Å². The Morgan fingerprint density at radius 1 is 1.00 bits per heavy atom. The van der Waals surface area contributed by atoms with Gasteiger partial charge in [-0.15, -0.1) is 0 Å². The minimum atomic E-state index is -0.490. The first-order chi connectivity index (χ1) is 18.8. The fourth-order valence-electron chi connectivity index (χ4n) is 4.99. The molecule has 200 valence electrons. The number of halogens is 2. The second kappa shape index (κ2) is 11.5. The minimum Gasteiger partial charge on any atom is -0.507 e. The molecule has 0 bridgehead atoms. The lowest BCUT2D eigenvalue weighted by molar-refractivity contribution is 0.102. The van der Waals surface area contributed by atoms with Gasteiger partial charge < -0.3 is 15.7 Å². The molecule has 5 rings (SSSR count). The summed E-state index contributed by atoms with van der Waals surface area (Å²) < 4.78 is 1.43. The number of phenols is 1. The number of aromatic nitrogens is 2. The van der Waals surface area contributed by atoms with Gasteiger partial charge in [-0.2, -0.15) is 9.78 Å². The molecule has 1 aliphatic rings. The third kappa shape index (κ3) is 5.79. The van der Waals surface area contributed by atoms with E-state index in [4.69, 9.17) is 23.2 Å². The summed E-state index contributed by atoms with van der Waals surface area (Å²) in [6, 6.07) is 19.0. The number of anilines is 1. The lowest BCUT2D eigenvalue weighted by atomic mass is 10.0. The fraction of sp³-hybridized carbons (Fsp3) is 0.233. The zero-order chi connectivity index (χ0) is 27.5. The van der Waals surface area contributed by atoms with Gasteiger partial charge in [0, 0.05) is 29.8 Å². The third-order valence-electron chi connectivity index (χ3n) is 7.12. The van der Waals surface area contributed by atoms with Crippen molar-refractivity contribution in [3.63, 3.8) is 0 Å². The van der Waals surface area contributed by atoms with Crippen LogP contribution in [0.1, 0.15) is 58.8 Å². The molecular weight excluding hydrogens is 535 g/mol. The van der Waals surface area contributed by atoms with Gasteiger partial charge in [-0.1, -0.05) is 66.4 Å². The summed E-state index contributed by atoms with van der Waals surface area (Å²) in [6.07, 6.45) is 4.17. The standard InChI is InChI=1S/C30H28Cl2N4O3/c1-18-7-2-3-10-20(18)17-33-30(39)36-26(19-8-4-5-9-19)16-25(35-36)22-14-13-21(15-27(22)37)34-29(38)28-23(31)11-6-12-24(28)32/h2-3,6-7,10-16,19,37H,4-5,8-9,17H2,1H3,(H,33,39)(H,34,38). The largest absolute Gasteiger partial charge is 0.507 e. The van der Waals surface area contributed by atoms with Crippen LogP contribution in [0.15, 0.2) is 66.7 Å². The number of aromatic hydroxyl groups is 1. The molecule has 1 fully saturated rings. The molecule has 9 heteroatoms. The predicted octanol–water partition coefficient (Wildman–Crippen LogP) is 7.54. The van der Waals surface area contributed by atoms with Crippen molar-refractivity contribution in [3.05, 3.63) is 99.2 Å². The van der Waals surface area contributed by atoms with Gasteiger partial charge in [-0.3, -0.25) is 4.79 Å². The molecule has 7 nitrogen and oxygen atoms in total. The van der Waals surface area contributed by atoms with Crippen molar-refractivity contribution in [1.82, 2.24) is 15.1 Å². The number of hydrogen-bond donors (Lipinski definition) is 3. The third-order valence-corrected chi connectivity index (χ3v) is 7.75. The van der Waals surface area contributed by atoms with Gasteiger partial charge >= 0.3 is 6.03 Å². The van der Waals surface area contributed by atoms with E-state index in [1.54, 1.807) is 30.3 Å². The van der Waals surface area contributed by atoms with Crippen LogP contribution in [0.25, 0.3) is 11.3 Å². The van der Waals surface area contributed by atoms with E-state index in [9.17, 15) is 14.7 Å². The Morgan fingerprint density at radius 3 is 2.41 bits per heavy atom. The number of amides is 2. The molecule has 0 spiro atoms. The molecule has 1 heterocycles. The maximum atomic E-state index is 13.3. The summed E-state index contributed by atoms with van der Waals surface area (Å²) in [5.41, 5.74) is 4.42. The lowest BCUT2D eigenvalue weighted by Crippen LogP contribution is -2.31. The highest BCUT2D eigenvalue weighted by molar-refractivity contribution is 6.40. The van der Waals surface area contributed by atoms with Crippen LogP contribution in [0.2, 0.25) is 10.0 Å². The van der Waals surface area contributed by atoms with Gasteiger partial charge in [0.15, 0.2) is 0 Å². The van der Waals surface area contributed by atoms with Crippen molar-refractivity contribution in [2.24, 2.45) is 0 Å². The highest BCUT2D eigenvalue weighted by Crippen LogP contribution is 2.38. The number of phenolic OH excluding ortho intramolecular Hbond substituents is 1. The monoisotopic (exact) mass is 562 g/mol. The van der Waals surface area contributed by atoms with E-state index in [-0.39, 0.29) is 33.3 Å². The Bertz CT molecular complexity index is 1520. The zero-order valence-electron chi connectivity index (χ0n) is 21.4. The maximum Gasteiger partial charge on any atom is 0.342 e. The molecule has 0 radical (unpaired) electrons. The summed E-state index contributed by atoms with van der Waals surface area (Å²) in [7, 11) is 0. The Labute approximate surface area is 236 Å². The van der Waals surface area contributed by atoms with Gasteiger partial charge in [-0.05, 0) is 61.2 Å². The van der Waals surface area contributed by atoms with Crippen LogP contribution in [0, 0.1) is 6.92 Å². The second-order valence-corrected chi connectivity index (χ2v) is 10.5. The summed E-state index contributed by atoms with van der Waals surface area (Å²) in [6.45, 7) is 2.40. The van der Waals surface area contributed by atoms with Crippen molar-refractivity contribution >= 4 is 40.8 Å². The van der Waals surface area contributed by atoms with Crippen molar-refractivity contribution in [2.45, 2.75) is 45.1 Å². The quantitative estimate of drug-likeness (QED) is 0.226. The molecular formula is C30H28Cl2N4O3. The molecule has 3 N–H and O–H groups in total. The second-order valence-electron chi connectivity index (χ2n) is 9.72. The average Bonchev–Trinajstić information content (AvgIpc) is 3.58. The maximum absolute atomic E-state index is 13.3. The molecule has 4 aromatic rings. The molecule has 39 heavy (non-hydrogen) atoms. The van der Waals surface area contributed by atoms with Crippen molar-refractivity contribution in [2.75, 3.05) is 5.32 Å². The van der Waals surface area contributed by atoms with Gasteiger partial charge in [0.25, 0.3) is 5.91 Å². The molecule has 2 amide bonds. The highest BCUT2D eigenvalue weighted by atomic mass is 35.5. The van der Waals surface area contributed by atoms with Crippen LogP contribution in [-0.4, -0.2) is 26.8 Å². The van der Waals surface area contributed by atoms with Crippen LogP contribution < -0.4 is 10.6 Å². The summed E-state index contributed by atoms with van der Waals surface area (Å²) in [5, 5.41) is 21.6. The topological polar surface area (TPSA) is 96.3 Å². The van der Waals surface area contributed by atoms with Gasteiger partial charge in [-0.25, -0.2) is 4.79 Å². The molecule has 1 aliphatic carbocycles. The SMILES string of the molecule is Cc1ccccc1CNC(=O)n1nc(-c2ccc(NC(=O)c3c(Cl)cccc3Cl)cc2O)cc1C1CCCC1. The first-order valence-electron chi connectivity index (χ1n) is 12.8. The Morgan fingerprint density at radius 2 is 1.72 bits per heavy atom. The summed E-state index contributed by atoms with van der Waals surface area (Å²) in [5.74, 6) is -0.353. The molecule has 1 saturated carbocycles. The molecule has 0 atom stereocenters. The number of benzene rings is 3. The van der Waals surface area contributed by atoms with E-state index < -0.39 is 5.91 Å². The Balaban J connectivity index is 1.39. The normalized spacial score (nSPS) is 13.4. The number of hydrogen-bond acceptors (Lipinski definition) is 4. The number of rotatable bonds is 6. The molecule has 0 aliphatic heterocycles. The van der Waals surface area contributed by atoms with E-state index >= 15 is 0 Å². The van der Waals surface area contributed by atoms with Crippen LogP contribution >= 0.6 is 23.2 Å². The smallest absolute Gasteiger partial charge is 0.342 e. The number of aryl methyl sites for hydroxylation is 1. The van der Waals surface area contributed by atoms with Gasteiger partial charge in [0.1, 0.15) is 5.75 Å². The minimum absolute atomic E-state index is 0.0824. The van der Waals surface area contributed by atoms with E-state index in [2.05, 4.69) is 15.7 Å². The van der Waals surface area contributed by atoms with E-state index in [1.165, 1.54) is 10.7 Å². The molecule has 3 aromatic carbocycles. The first-order valence-corrected chi connectivity index (χ1v) is 13.6. The van der Waals surface area contributed by atoms with Crippen molar-refractivity contribution in [1.29, 1.82) is 0 Å². The fourth-order valence-corrected chi connectivity index (χ4v) is 5.56. The van der Waals surface area contributed by atoms with Crippen LogP contribution in [-0.2, 0) is 6.54 Å². The van der Waals surface area contributed by atoms with E-state index in [0.717, 1.165) is 42.5 Å². The first kappa shape index (κ1) is 26.8.